The van der Waals surface area contributed by atoms with Crippen LogP contribution in [0.5, 0.6) is 0 Å². The maximum atomic E-state index is 12.4. The molecule has 0 spiro atoms. The lowest BCUT2D eigenvalue weighted by Crippen LogP contribution is -2.36. The molecule has 0 aliphatic heterocycles. The Balaban J connectivity index is 1.61. The maximum absolute atomic E-state index is 12.4. The Labute approximate surface area is 148 Å². The van der Waals surface area contributed by atoms with E-state index in [9.17, 15) is 4.79 Å². The molecule has 3 rings (SSSR count). The molecule has 0 amide bonds. The highest BCUT2D eigenvalue weighted by Gasteiger charge is 2.33. The molecular weight excluding hydrogens is 316 g/mol. The summed E-state index contributed by atoms with van der Waals surface area (Å²) in [5.74, 6) is 1.77. The molecule has 0 bridgehead atoms. The molecule has 0 radical (unpaired) electrons. The number of esters is 1. The normalized spacial score (nSPS) is 23.6. The summed E-state index contributed by atoms with van der Waals surface area (Å²) >= 11 is 0. The van der Waals surface area contributed by atoms with Crippen molar-refractivity contribution in [3.8, 4) is 11.4 Å². The molecule has 1 heterocycles. The van der Waals surface area contributed by atoms with Crippen molar-refractivity contribution >= 4 is 5.97 Å². The van der Waals surface area contributed by atoms with Crippen LogP contribution in [0.3, 0.4) is 0 Å². The Morgan fingerprint density at radius 3 is 2.76 bits per heavy atom. The van der Waals surface area contributed by atoms with Crippen molar-refractivity contribution in [2.24, 2.45) is 17.8 Å². The minimum atomic E-state index is -0.290. The molecule has 0 saturated heterocycles. The second-order valence-electron chi connectivity index (χ2n) is 7.36. The van der Waals surface area contributed by atoms with Crippen molar-refractivity contribution in [3.05, 3.63) is 30.3 Å². The number of tetrazole rings is 1. The average Bonchev–Trinajstić information content (AvgIpc) is 3.03. The summed E-state index contributed by atoms with van der Waals surface area (Å²) in [6.45, 7) is 6.62. The van der Waals surface area contributed by atoms with Crippen molar-refractivity contribution in [3.63, 3.8) is 0 Å². The Hall–Kier alpha value is -2.24. The van der Waals surface area contributed by atoms with Gasteiger partial charge in [-0.2, -0.15) is 4.80 Å². The van der Waals surface area contributed by atoms with Gasteiger partial charge in [0.1, 0.15) is 6.10 Å². The number of hydrogen-bond acceptors (Lipinski definition) is 5. The van der Waals surface area contributed by atoms with Crippen LogP contribution in [0.25, 0.3) is 11.4 Å². The van der Waals surface area contributed by atoms with E-state index in [1.54, 1.807) is 0 Å². The van der Waals surface area contributed by atoms with E-state index in [0.717, 1.165) is 18.4 Å². The zero-order valence-electron chi connectivity index (χ0n) is 15.1. The third kappa shape index (κ3) is 4.44. The quantitative estimate of drug-likeness (QED) is 0.779. The minimum absolute atomic E-state index is 0.00443. The van der Waals surface area contributed by atoms with Gasteiger partial charge in [-0.1, -0.05) is 57.5 Å². The van der Waals surface area contributed by atoms with Gasteiger partial charge in [0.2, 0.25) is 5.82 Å². The number of aromatic nitrogens is 4. The first-order chi connectivity index (χ1) is 12.0. The van der Waals surface area contributed by atoms with Crippen LogP contribution in [0.15, 0.2) is 30.3 Å². The molecular formula is C19H26N4O2. The van der Waals surface area contributed by atoms with Crippen LogP contribution in [-0.2, 0) is 16.1 Å². The summed E-state index contributed by atoms with van der Waals surface area (Å²) in [5.41, 5.74) is 0.878. The molecule has 3 unspecified atom stereocenters. The van der Waals surface area contributed by atoms with Gasteiger partial charge in [-0.05, 0) is 35.8 Å². The van der Waals surface area contributed by atoms with E-state index >= 15 is 0 Å². The van der Waals surface area contributed by atoms with E-state index in [1.807, 2.05) is 30.3 Å². The molecule has 3 atom stereocenters. The zero-order chi connectivity index (χ0) is 17.8. The smallest absolute Gasteiger partial charge is 0.330 e. The molecule has 134 valence electrons. The highest BCUT2D eigenvalue weighted by atomic mass is 16.5. The monoisotopic (exact) mass is 342 g/mol. The molecule has 1 aromatic carbocycles. The predicted octanol–water partition coefficient (Wildman–Crippen LogP) is 3.34. The summed E-state index contributed by atoms with van der Waals surface area (Å²) in [6.07, 6.45) is 3.26. The molecule has 1 aliphatic carbocycles. The summed E-state index contributed by atoms with van der Waals surface area (Å²) in [4.78, 5) is 13.7. The molecule has 6 nitrogen and oxygen atoms in total. The van der Waals surface area contributed by atoms with E-state index in [1.165, 1.54) is 11.2 Å². The summed E-state index contributed by atoms with van der Waals surface area (Å²) < 4.78 is 5.79. The first-order valence-electron chi connectivity index (χ1n) is 9.05. The third-order valence-electron chi connectivity index (χ3n) is 5.00. The largest absolute Gasteiger partial charge is 0.461 e. The lowest BCUT2D eigenvalue weighted by atomic mass is 9.75. The van der Waals surface area contributed by atoms with Gasteiger partial charge in [-0.25, -0.2) is 4.79 Å². The zero-order valence-corrected chi connectivity index (χ0v) is 15.1. The van der Waals surface area contributed by atoms with E-state index < -0.39 is 0 Å². The number of rotatable bonds is 5. The van der Waals surface area contributed by atoms with Crippen LogP contribution in [0.2, 0.25) is 0 Å². The second kappa shape index (κ2) is 7.76. The van der Waals surface area contributed by atoms with Crippen molar-refractivity contribution in [1.82, 2.24) is 20.2 Å². The molecule has 1 fully saturated rings. The summed E-state index contributed by atoms with van der Waals surface area (Å²) in [6, 6.07) is 9.59. The predicted molar refractivity (Wildman–Crippen MR) is 94.5 cm³/mol. The van der Waals surface area contributed by atoms with Gasteiger partial charge in [0.25, 0.3) is 0 Å². The van der Waals surface area contributed by atoms with Gasteiger partial charge in [0.05, 0.1) is 0 Å². The van der Waals surface area contributed by atoms with Crippen LogP contribution in [-0.4, -0.2) is 32.3 Å². The van der Waals surface area contributed by atoms with Crippen LogP contribution in [0.4, 0.5) is 0 Å². The Bertz CT molecular complexity index is 698. The topological polar surface area (TPSA) is 69.9 Å². The van der Waals surface area contributed by atoms with Crippen molar-refractivity contribution in [2.75, 3.05) is 0 Å². The molecule has 2 aromatic rings. The first-order valence-corrected chi connectivity index (χ1v) is 9.05. The number of hydrogen-bond donors (Lipinski definition) is 0. The first kappa shape index (κ1) is 17.6. The SMILES string of the molecule is CC1CCC(C(C)C)C(OC(=O)Cn2nnc(-c3ccccc3)n2)C1. The lowest BCUT2D eigenvalue weighted by molar-refractivity contribution is -0.157. The molecule has 6 heteroatoms. The van der Waals surface area contributed by atoms with Crippen molar-refractivity contribution in [1.29, 1.82) is 0 Å². The molecule has 1 aromatic heterocycles. The fourth-order valence-corrected chi connectivity index (χ4v) is 3.58. The van der Waals surface area contributed by atoms with Crippen molar-refractivity contribution < 1.29 is 9.53 Å². The maximum Gasteiger partial charge on any atom is 0.330 e. The molecule has 0 N–H and O–H groups in total. The molecule has 25 heavy (non-hydrogen) atoms. The van der Waals surface area contributed by atoms with Crippen molar-refractivity contribution in [2.45, 2.75) is 52.7 Å². The van der Waals surface area contributed by atoms with E-state index in [2.05, 4.69) is 36.2 Å². The summed E-state index contributed by atoms with van der Waals surface area (Å²) in [7, 11) is 0. The van der Waals surface area contributed by atoms with Gasteiger partial charge in [-0.15, -0.1) is 10.2 Å². The van der Waals surface area contributed by atoms with Gasteiger partial charge in [0, 0.05) is 5.56 Å². The average molecular weight is 342 g/mol. The third-order valence-corrected chi connectivity index (χ3v) is 5.00. The fraction of sp³-hybridized carbons (Fsp3) is 0.579. The van der Waals surface area contributed by atoms with E-state index in [-0.39, 0.29) is 18.6 Å². The van der Waals surface area contributed by atoms with Crippen LogP contribution in [0, 0.1) is 17.8 Å². The lowest BCUT2D eigenvalue weighted by Gasteiger charge is -2.36. The molecule has 1 aliphatic rings. The van der Waals surface area contributed by atoms with E-state index in [0.29, 0.717) is 23.6 Å². The van der Waals surface area contributed by atoms with Crippen LogP contribution < -0.4 is 0 Å². The fourth-order valence-electron chi connectivity index (χ4n) is 3.58. The Morgan fingerprint density at radius 1 is 1.28 bits per heavy atom. The minimum Gasteiger partial charge on any atom is -0.461 e. The standard InChI is InChI=1S/C19H26N4O2/c1-13(2)16-10-9-14(3)11-17(16)25-18(24)12-23-21-19(20-22-23)15-7-5-4-6-8-15/h4-8,13-14,16-17H,9-12H2,1-3H3. The van der Waals surface area contributed by atoms with Gasteiger partial charge >= 0.3 is 5.97 Å². The number of benzene rings is 1. The number of carbonyl (C=O) groups is 1. The number of carbonyl (C=O) groups excluding carboxylic acids is 1. The number of ether oxygens (including phenoxy) is 1. The number of nitrogens with zero attached hydrogens (tertiary/aromatic N) is 4. The van der Waals surface area contributed by atoms with Gasteiger partial charge in [-0.3, -0.25) is 0 Å². The highest BCUT2D eigenvalue weighted by Crippen LogP contribution is 2.35. The van der Waals surface area contributed by atoms with Crippen LogP contribution in [0.1, 0.15) is 40.0 Å². The van der Waals surface area contributed by atoms with Crippen LogP contribution >= 0.6 is 0 Å². The van der Waals surface area contributed by atoms with E-state index in [4.69, 9.17) is 4.74 Å². The second-order valence-corrected chi connectivity index (χ2v) is 7.36. The van der Waals surface area contributed by atoms with Gasteiger partial charge in [0.15, 0.2) is 6.54 Å². The Kier molecular flexibility index (Phi) is 5.46. The summed E-state index contributed by atoms with van der Waals surface area (Å²) in [5, 5.41) is 12.3. The Morgan fingerprint density at radius 2 is 2.04 bits per heavy atom. The highest BCUT2D eigenvalue weighted by molar-refractivity contribution is 5.69. The van der Waals surface area contributed by atoms with Gasteiger partial charge < -0.3 is 4.74 Å². The molecule has 1 saturated carbocycles.